The normalized spacial score (nSPS) is 19.7. The Morgan fingerprint density at radius 1 is 1.35 bits per heavy atom. The molecule has 6 heteroatoms. The summed E-state index contributed by atoms with van der Waals surface area (Å²) in [5, 5.41) is 3.54. The van der Waals surface area contributed by atoms with Crippen LogP contribution in [0.15, 0.2) is 4.99 Å². The molecular weight excluding hydrogens is 292 g/mol. The van der Waals surface area contributed by atoms with Crippen LogP contribution in [0.2, 0.25) is 0 Å². The molecule has 136 valence electrons. The van der Waals surface area contributed by atoms with Crippen LogP contribution in [0.4, 0.5) is 0 Å². The summed E-state index contributed by atoms with van der Waals surface area (Å²) in [5.41, 5.74) is 0.210. The van der Waals surface area contributed by atoms with E-state index in [0.29, 0.717) is 19.1 Å². The summed E-state index contributed by atoms with van der Waals surface area (Å²) in [7, 11) is 7.80. The van der Waals surface area contributed by atoms with Crippen molar-refractivity contribution in [3.63, 3.8) is 0 Å². The van der Waals surface area contributed by atoms with E-state index in [9.17, 15) is 0 Å². The van der Waals surface area contributed by atoms with E-state index in [1.807, 2.05) is 7.05 Å². The minimum absolute atomic E-state index is 0.210. The molecule has 1 aliphatic rings. The van der Waals surface area contributed by atoms with Crippen molar-refractivity contribution < 1.29 is 9.47 Å². The second kappa shape index (κ2) is 10.1. The molecule has 0 radical (unpaired) electrons. The number of aliphatic imine (C=N–C) groups is 1. The van der Waals surface area contributed by atoms with Gasteiger partial charge in [0.25, 0.3) is 0 Å². The number of hydrogen-bond donors (Lipinski definition) is 1. The van der Waals surface area contributed by atoms with E-state index < -0.39 is 0 Å². The van der Waals surface area contributed by atoms with Crippen LogP contribution in [0, 0.1) is 11.3 Å². The third kappa shape index (κ3) is 7.99. The van der Waals surface area contributed by atoms with Gasteiger partial charge in [-0.25, -0.2) is 0 Å². The predicted molar refractivity (Wildman–Crippen MR) is 96.1 cm³/mol. The van der Waals surface area contributed by atoms with Crippen LogP contribution >= 0.6 is 0 Å². The minimum atomic E-state index is 0.210. The molecule has 1 atom stereocenters. The number of rotatable bonds is 9. The highest BCUT2D eigenvalue weighted by Gasteiger charge is 2.26. The molecule has 0 spiro atoms. The van der Waals surface area contributed by atoms with Gasteiger partial charge in [0.05, 0.1) is 19.8 Å². The summed E-state index contributed by atoms with van der Waals surface area (Å²) in [6.07, 6.45) is 1.16. The van der Waals surface area contributed by atoms with Crippen molar-refractivity contribution in [1.82, 2.24) is 15.1 Å². The van der Waals surface area contributed by atoms with Crippen molar-refractivity contribution in [2.24, 2.45) is 16.3 Å². The Balaban J connectivity index is 2.36. The average molecular weight is 329 g/mol. The van der Waals surface area contributed by atoms with Gasteiger partial charge in [-0.2, -0.15) is 0 Å². The maximum Gasteiger partial charge on any atom is 0.193 e. The second-order valence-electron chi connectivity index (χ2n) is 7.47. The number of nitrogens with zero attached hydrogens (tertiary/aromatic N) is 3. The van der Waals surface area contributed by atoms with E-state index in [1.54, 1.807) is 7.11 Å². The SMILES string of the molecule is CN=C(NCC(C)(C)CN(C)C)N1CCC(COCCOC)C1. The van der Waals surface area contributed by atoms with Gasteiger partial charge in [0.2, 0.25) is 0 Å². The van der Waals surface area contributed by atoms with Crippen LogP contribution in [-0.4, -0.2) is 90.0 Å². The fourth-order valence-corrected chi connectivity index (χ4v) is 3.12. The Hall–Kier alpha value is -0.850. The molecule has 1 unspecified atom stereocenters. The quantitative estimate of drug-likeness (QED) is 0.391. The van der Waals surface area contributed by atoms with Gasteiger partial charge in [0, 0.05) is 46.3 Å². The van der Waals surface area contributed by atoms with Gasteiger partial charge in [-0.05, 0) is 25.9 Å². The van der Waals surface area contributed by atoms with E-state index in [1.165, 1.54) is 0 Å². The number of likely N-dealkylation sites (tertiary alicyclic amines) is 1. The van der Waals surface area contributed by atoms with Gasteiger partial charge >= 0.3 is 0 Å². The topological polar surface area (TPSA) is 49.3 Å². The fourth-order valence-electron chi connectivity index (χ4n) is 3.12. The lowest BCUT2D eigenvalue weighted by atomic mass is 9.93. The molecule has 23 heavy (non-hydrogen) atoms. The maximum absolute atomic E-state index is 5.66. The first-order valence-electron chi connectivity index (χ1n) is 8.55. The van der Waals surface area contributed by atoms with Crippen LogP contribution in [0.5, 0.6) is 0 Å². The van der Waals surface area contributed by atoms with E-state index in [2.05, 4.69) is 48.1 Å². The van der Waals surface area contributed by atoms with Gasteiger partial charge in [0.1, 0.15) is 0 Å². The van der Waals surface area contributed by atoms with Gasteiger partial charge in [-0.3, -0.25) is 4.99 Å². The number of methoxy groups -OCH3 is 1. The second-order valence-corrected chi connectivity index (χ2v) is 7.47. The number of guanidine groups is 1. The molecule has 0 aromatic rings. The van der Waals surface area contributed by atoms with Gasteiger partial charge in [0.15, 0.2) is 5.96 Å². The van der Waals surface area contributed by atoms with Crippen molar-refractivity contribution in [1.29, 1.82) is 0 Å². The average Bonchev–Trinajstić information content (AvgIpc) is 2.91. The van der Waals surface area contributed by atoms with Crippen molar-refractivity contribution in [3.8, 4) is 0 Å². The van der Waals surface area contributed by atoms with Crippen LogP contribution < -0.4 is 5.32 Å². The molecule has 0 aliphatic carbocycles. The van der Waals surface area contributed by atoms with E-state index in [0.717, 1.165) is 45.2 Å². The Morgan fingerprint density at radius 2 is 2.09 bits per heavy atom. The van der Waals surface area contributed by atoms with Crippen LogP contribution in [0.1, 0.15) is 20.3 Å². The van der Waals surface area contributed by atoms with Crippen molar-refractivity contribution in [3.05, 3.63) is 0 Å². The van der Waals surface area contributed by atoms with Crippen LogP contribution in [-0.2, 0) is 9.47 Å². The first kappa shape index (κ1) is 20.2. The summed E-state index contributed by atoms with van der Waals surface area (Å²) < 4.78 is 10.7. The predicted octanol–water partition coefficient (Wildman–Crippen LogP) is 1.13. The monoisotopic (exact) mass is 328 g/mol. The number of hydrogen-bond acceptors (Lipinski definition) is 4. The van der Waals surface area contributed by atoms with Crippen LogP contribution in [0.25, 0.3) is 0 Å². The lowest BCUT2D eigenvalue weighted by Gasteiger charge is -2.31. The van der Waals surface area contributed by atoms with Crippen LogP contribution in [0.3, 0.4) is 0 Å². The molecule has 0 bridgehead atoms. The zero-order valence-electron chi connectivity index (χ0n) is 15.9. The number of ether oxygens (including phenoxy) is 2. The molecule has 1 N–H and O–H groups in total. The molecule has 0 saturated carbocycles. The van der Waals surface area contributed by atoms with Gasteiger partial charge in [-0.1, -0.05) is 13.8 Å². The molecule has 1 saturated heterocycles. The molecule has 0 aromatic carbocycles. The summed E-state index contributed by atoms with van der Waals surface area (Å²) in [6.45, 7) is 10.7. The Bertz CT molecular complexity index is 359. The highest BCUT2D eigenvalue weighted by Crippen LogP contribution is 2.18. The first-order valence-corrected chi connectivity index (χ1v) is 8.55. The molecular formula is C17H36N4O2. The lowest BCUT2D eigenvalue weighted by molar-refractivity contribution is 0.0536. The van der Waals surface area contributed by atoms with Crippen molar-refractivity contribution in [2.45, 2.75) is 20.3 Å². The van der Waals surface area contributed by atoms with E-state index in [-0.39, 0.29) is 5.41 Å². The lowest BCUT2D eigenvalue weighted by Crippen LogP contribution is -2.46. The Kier molecular flexibility index (Phi) is 8.87. The molecule has 1 aliphatic heterocycles. The maximum atomic E-state index is 5.66. The van der Waals surface area contributed by atoms with E-state index >= 15 is 0 Å². The molecule has 1 fully saturated rings. The Morgan fingerprint density at radius 3 is 2.70 bits per heavy atom. The summed E-state index contributed by atoms with van der Waals surface area (Å²) in [5.74, 6) is 1.59. The molecule has 6 nitrogen and oxygen atoms in total. The molecule has 1 heterocycles. The standard InChI is InChI=1S/C17H36N4O2/c1-17(2,14-20(4)5)13-19-16(18-3)21-8-7-15(11-21)12-23-10-9-22-6/h15H,7-14H2,1-6H3,(H,18,19). The fraction of sp³-hybridized carbons (Fsp3) is 0.941. The highest BCUT2D eigenvalue weighted by atomic mass is 16.5. The summed E-state index contributed by atoms with van der Waals surface area (Å²) >= 11 is 0. The number of nitrogens with one attached hydrogen (secondary N) is 1. The largest absolute Gasteiger partial charge is 0.382 e. The third-order valence-corrected chi connectivity index (χ3v) is 4.05. The first-order chi connectivity index (χ1) is 10.9. The van der Waals surface area contributed by atoms with E-state index in [4.69, 9.17) is 9.47 Å². The zero-order valence-corrected chi connectivity index (χ0v) is 15.9. The Labute approximate surface area is 142 Å². The highest BCUT2D eigenvalue weighted by molar-refractivity contribution is 5.80. The summed E-state index contributed by atoms with van der Waals surface area (Å²) in [6, 6.07) is 0. The molecule has 0 amide bonds. The van der Waals surface area contributed by atoms with Gasteiger partial charge < -0.3 is 24.6 Å². The molecule has 1 rings (SSSR count). The third-order valence-electron chi connectivity index (χ3n) is 4.05. The zero-order chi connectivity index (χ0) is 17.3. The van der Waals surface area contributed by atoms with Crippen molar-refractivity contribution in [2.75, 3.05) is 74.3 Å². The minimum Gasteiger partial charge on any atom is -0.382 e. The summed E-state index contributed by atoms with van der Waals surface area (Å²) in [4.78, 5) is 9.03. The molecule has 0 aromatic heterocycles. The van der Waals surface area contributed by atoms with Gasteiger partial charge in [-0.15, -0.1) is 0 Å². The van der Waals surface area contributed by atoms with Crippen molar-refractivity contribution >= 4 is 5.96 Å². The smallest absolute Gasteiger partial charge is 0.193 e.